The number of rotatable bonds is 4. The quantitative estimate of drug-likeness (QED) is 0.683. The van der Waals surface area contributed by atoms with E-state index in [0.29, 0.717) is 22.0 Å². The van der Waals surface area contributed by atoms with Crippen LogP contribution in [-0.4, -0.2) is 17.4 Å². The molecule has 0 spiro atoms. The number of nitrogens with one attached hydrogen (secondary N) is 1. The molecule has 0 radical (unpaired) electrons. The molecule has 0 atom stereocenters. The van der Waals surface area contributed by atoms with Gasteiger partial charge in [-0.15, -0.1) is 0 Å². The van der Waals surface area contributed by atoms with Crippen molar-refractivity contribution in [1.82, 2.24) is 10.3 Å². The molecule has 1 saturated carbocycles. The number of carbonyl (C=O) groups excluding carboxylic acids is 1. The summed E-state index contributed by atoms with van der Waals surface area (Å²) >= 11 is 6.09. The second-order valence-electron chi connectivity index (χ2n) is 8.87. The predicted molar refractivity (Wildman–Crippen MR) is 109 cm³/mol. The van der Waals surface area contributed by atoms with Gasteiger partial charge in [-0.2, -0.15) is 0 Å². The van der Waals surface area contributed by atoms with E-state index < -0.39 is 0 Å². The van der Waals surface area contributed by atoms with Gasteiger partial charge in [-0.1, -0.05) is 63.4 Å². The van der Waals surface area contributed by atoms with Gasteiger partial charge in [0.25, 0.3) is 5.91 Å². The molecule has 4 heteroatoms. The maximum atomic E-state index is 12.7. The largest absolute Gasteiger partial charge is 0.352 e. The molecular weight excluding hydrogens is 344 g/mol. The fourth-order valence-electron chi connectivity index (χ4n) is 4.17. The van der Waals surface area contributed by atoms with Gasteiger partial charge < -0.3 is 5.32 Å². The van der Waals surface area contributed by atoms with Gasteiger partial charge in [0, 0.05) is 11.9 Å². The van der Waals surface area contributed by atoms with E-state index in [2.05, 4.69) is 31.1 Å². The van der Waals surface area contributed by atoms with Crippen LogP contribution >= 0.6 is 11.6 Å². The van der Waals surface area contributed by atoms with Crippen LogP contribution in [0.25, 0.3) is 10.9 Å². The summed E-state index contributed by atoms with van der Waals surface area (Å²) in [7, 11) is 0. The third-order valence-electron chi connectivity index (χ3n) is 5.35. The van der Waals surface area contributed by atoms with Crippen LogP contribution in [0.1, 0.15) is 63.2 Å². The minimum atomic E-state index is -0.0534. The van der Waals surface area contributed by atoms with E-state index in [1.165, 1.54) is 32.1 Å². The number of carbonyl (C=O) groups is 1. The van der Waals surface area contributed by atoms with Gasteiger partial charge in [-0.3, -0.25) is 4.79 Å². The number of benzene rings is 1. The Kier molecular flexibility index (Phi) is 5.86. The lowest BCUT2D eigenvalue weighted by Crippen LogP contribution is -2.32. The monoisotopic (exact) mass is 372 g/mol. The highest BCUT2D eigenvalue weighted by molar-refractivity contribution is 6.30. The highest BCUT2D eigenvalue weighted by Crippen LogP contribution is 2.36. The smallest absolute Gasteiger partial charge is 0.252 e. The van der Waals surface area contributed by atoms with Crippen LogP contribution in [0.5, 0.6) is 0 Å². The predicted octanol–water partition coefficient (Wildman–Crippen LogP) is 5.86. The summed E-state index contributed by atoms with van der Waals surface area (Å²) in [4.78, 5) is 17.0. The van der Waals surface area contributed by atoms with Crippen molar-refractivity contribution in [3.05, 3.63) is 41.0 Å². The molecule has 1 fully saturated rings. The number of pyridine rings is 1. The Morgan fingerprint density at radius 2 is 1.81 bits per heavy atom. The van der Waals surface area contributed by atoms with Gasteiger partial charge in [0.2, 0.25) is 0 Å². The highest BCUT2D eigenvalue weighted by atomic mass is 35.5. The molecular formula is C22H29ClN2O. The lowest BCUT2D eigenvalue weighted by molar-refractivity contribution is 0.0941. The van der Waals surface area contributed by atoms with E-state index in [0.717, 1.165) is 23.4 Å². The van der Waals surface area contributed by atoms with Gasteiger partial charge >= 0.3 is 0 Å². The first-order valence-electron chi connectivity index (χ1n) is 9.65. The topological polar surface area (TPSA) is 42.0 Å². The van der Waals surface area contributed by atoms with Crippen molar-refractivity contribution in [3.8, 4) is 0 Å². The number of hydrogen-bond donors (Lipinski definition) is 1. The molecule has 0 saturated heterocycles. The lowest BCUT2D eigenvalue weighted by Gasteiger charge is -2.32. The van der Waals surface area contributed by atoms with Gasteiger partial charge in [-0.05, 0) is 48.6 Å². The Bertz CT molecular complexity index is 773. The normalized spacial score (nSPS) is 20.9. The standard InChI is InChI=1S/C22H29ClN2O/c1-22(2,3)13-15-8-10-16(11-9-15)14-24-21(26)18-12-20(23)25-19-7-5-4-6-17(18)19/h4-7,12,15-16H,8-11,13-14H2,1-3H3,(H,24,26). The maximum Gasteiger partial charge on any atom is 0.252 e. The van der Waals surface area contributed by atoms with Gasteiger partial charge in [0.05, 0.1) is 11.1 Å². The molecule has 1 aromatic heterocycles. The molecule has 1 aliphatic rings. The molecule has 26 heavy (non-hydrogen) atoms. The fraction of sp³-hybridized carbons (Fsp3) is 0.545. The van der Waals surface area contributed by atoms with Gasteiger partial charge in [-0.25, -0.2) is 4.98 Å². The van der Waals surface area contributed by atoms with Crippen LogP contribution in [0.4, 0.5) is 0 Å². The SMILES string of the molecule is CC(C)(C)CC1CCC(CNC(=O)c2cc(Cl)nc3ccccc23)CC1. The minimum absolute atomic E-state index is 0.0534. The zero-order valence-corrected chi connectivity index (χ0v) is 16.8. The first-order valence-corrected chi connectivity index (χ1v) is 10.0. The molecule has 0 unspecified atom stereocenters. The van der Waals surface area contributed by atoms with Crippen LogP contribution < -0.4 is 5.32 Å². The van der Waals surface area contributed by atoms with Gasteiger partial charge in [0.1, 0.15) is 5.15 Å². The molecule has 1 N–H and O–H groups in total. The molecule has 1 amide bonds. The Balaban J connectivity index is 1.57. The van der Waals surface area contributed by atoms with Crippen molar-refractivity contribution in [2.24, 2.45) is 17.3 Å². The van der Waals surface area contributed by atoms with Crippen molar-refractivity contribution in [2.45, 2.75) is 52.9 Å². The van der Waals surface area contributed by atoms with Crippen molar-refractivity contribution < 1.29 is 4.79 Å². The Hall–Kier alpha value is -1.61. The number of aromatic nitrogens is 1. The van der Waals surface area contributed by atoms with Gasteiger partial charge in [0.15, 0.2) is 0 Å². The van der Waals surface area contributed by atoms with E-state index in [4.69, 9.17) is 11.6 Å². The summed E-state index contributed by atoms with van der Waals surface area (Å²) in [6.07, 6.45) is 6.27. The van der Waals surface area contributed by atoms with E-state index in [1.807, 2.05) is 24.3 Å². The maximum absolute atomic E-state index is 12.7. The zero-order chi connectivity index (χ0) is 18.7. The van der Waals surface area contributed by atoms with Crippen molar-refractivity contribution in [1.29, 1.82) is 0 Å². The zero-order valence-electron chi connectivity index (χ0n) is 16.0. The average molecular weight is 373 g/mol. The van der Waals surface area contributed by atoms with Crippen LogP contribution in [0.3, 0.4) is 0 Å². The third-order valence-corrected chi connectivity index (χ3v) is 5.54. The Labute approximate surface area is 161 Å². The number of para-hydroxylation sites is 1. The van der Waals surface area contributed by atoms with Crippen molar-refractivity contribution >= 4 is 28.4 Å². The second-order valence-corrected chi connectivity index (χ2v) is 9.26. The van der Waals surface area contributed by atoms with Crippen LogP contribution in [0.15, 0.2) is 30.3 Å². The number of hydrogen-bond acceptors (Lipinski definition) is 2. The van der Waals surface area contributed by atoms with Crippen LogP contribution in [0, 0.1) is 17.3 Å². The first-order chi connectivity index (χ1) is 12.3. The average Bonchev–Trinajstić information content (AvgIpc) is 2.58. The first kappa shape index (κ1) is 19.2. The summed E-state index contributed by atoms with van der Waals surface area (Å²) in [5.74, 6) is 1.37. The summed E-state index contributed by atoms with van der Waals surface area (Å²) in [5.41, 5.74) is 1.78. The van der Waals surface area contributed by atoms with E-state index in [1.54, 1.807) is 6.07 Å². The fourth-order valence-corrected chi connectivity index (χ4v) is 4.37. The Morgan fingerprint density at radius 1 is 1.15 bits per heavy atom. The van der Waals surface area contributed by atoms with Crippen LogP contribution in [-0.2, 0) is 0 Å². The van der Waals surface area contributed by atoms with Crippen LogP contribution in [0.2, 0.25) is 5.15 Å². The van der Waals surface area contributed by atoms with Crippen molar-refractivity contribution in [2.75, 3.05) is 6.54 Å². The summed E-state index contributed by atoms with van der Waals surface area (Å²) in [6, 6.07) is 9.30. The lowest BCUT2D eigenvalue weighted by atomic mass is 9.74. The minimum Gasteiger partial charge on any atom is -0.352 e. The summed E-state index contributed by atoms with van der Waals surface area (Å²) < 4.78 is 0. The van der Waals surface area contributed by atoms with Crippen molar-refractivity contribution in [3.63, 3.8) is 0 Å². The molecule has 140 valence electrons. The molecule has 1 heterocycles. The summed E-state index contributed by atoms with van der Waals surface area (Å²) in [6.45, 7) is 7.71. The number of halogens is 1. The molecule has 1 aromatic carbocycles. The third kappa shape index (κ3) is 4.97. The molecule has 2 aromatic rings. The van der Waals surface area contributed by atoms with E-state index in [-0.39, 0.29) is 5.91 Å². The molecule has 3 rings (SSSR count). The molecule has 0 aliphatic heterocycles. The molecule has 0 bridgehead atoms. The molecule has 1 aliphatic carbocycles. The number of amides is 1. The van der Waals surface area contributed by atoms with E-state index in [9.17, 15) is 4.79 Å². The molecule has 3 nitrogen and oxygen atoms in total. The number of nitrogens with zero attached hydrogens (tertiary/aromatic N) is 1. The van der Waals surface area contributed by atoms with E-state index >= 15 is 0 Å². The Morgan fingerprint density at radius 3 is 2.50 bits per heavy atom. The highest BCUT2D eigenvalue weighted by Gasteiger charge is 2.25. The second kappa shape index (κ2) is 7.96. The number of fused-ring (bicyclic) bond motifs is 1. The summed E-state index contributed by atoms with van der Waals surface area (Å²) in [5, 5.41) is 4.33.